The lowest BCUT2D eigenvalue weighted by molar-refractivity contribution is -0.161. The minimum absolute atomic E-state index is 0.339. The SMILES string of the molecule is c1ccc([B-]23OC4CC(CC(C4)O2)O3)cc1. The zero-order valence-corrected chi connectivity index (χ0v) is 9.04. The van der Waals surface area contributed by atoms with Crippen molar-refractivity contribution < 1.29 is 14.0 Å². The van der Waals surface area contributed by atoms with Gasteiger partial charge in [0.15, 0.2) is 0 Å². The van der Waals surface area contributed by atoms with Gasteiger partial charge in [0.25, 0.3) is 0 Å². The van der Waals surface area contributed by atoms with Crippen molar-refractivity contribution in [2.45, 2.75) is 37.6 Å². The van der Waals surface area contributed by atoms with Gasteiger partial charge in [0.1, 0.15) is 0 Å². The quantitative estimate of drug-likeness (QED) is 0.661. The largest absolute Gasteiger partial charge is 0.538 e. The lowest BCUT2D eigenvalue weighted by atomic mass is 9.63. The average Bonchev–Trinajstić information content (AvgIpc) is 2.28. The molecule has 84 valence electrons. The van der Waals surface area contributed by atoms with Gasteiger partial charge in [-0.15, -0.1) is 5.46 Å². The summed E-state index contributed by atoms with van der Waals surface area (Å²) in [6.45, 7) is -1.63. The molecule has 3 nitrogen and oxygen atoms in total. The average molecular weight is 217 g/mol. The standard InChI is InChI=1S/C12H14BO3/c1-2-4-9(5-3-1)13-14-10-6-11(15-13)8-12(7-10)16-13/h1-5,10-12H,6-8H2/q-1. The fourth-order valence-electron chi connectivity index (χ4n) is 3.28. The number of hydrogen-bond acceptors (Lipinski definition) is 3. The van der Waals surface area contributed by atoms with Crippen LogP contribution in [0.1, 0.15) is 19.3 Å². The van der Waals surface area contributed by atoms with Crippen LogP contribution in [0.3, 0.4) is 0 Å². The van der Waals surface area contributed by atoms with Gasteiger partial charge in [0.05, 0.1) is 0 Å². The molecule has 5 rings (SSSR count). The Morgan fingerprint density at radius 3 is 1.81 bits per heavy atom. The van der Waals surface area contributed by atoms with Crippen LogP contribution in [0, 0.1) is 0 Å². The van der Waals surface area contributed by atoms with Gasteiger partial charge in [-0.2, -0.15) is 0 Å². The van der Waals surface area contributed by atoms with E-state index in [1.54, 1.807) is 0 Å². The van der Waals surface area contributed by atoms with Crippen molar-refractivity contribution in [3.8, 4) is 0 Å². The first kappa shape index (κ1) is 9.22. The highest BCUT2D eigenvalue weighted by Crippen LogP contribution is 2.41. The second kappa shape index (κ2) is 3.09. The van der Waals surface area contributed by atoms with E-state index < -0.39 is 6.75 Å². The monoisotopic (exact) mass is 217 g/mol. The molecule has 0 unspecified atom stereocenters. The van der Waals surface area contributed by atoms with Gasteiger partial charge in [-0.1, -0.05) is 30.3 Å². The van der Waals surface area contributed by atoms with Gasteiger partial charge < -0.3 is 14.0 Å². The first-order valence-corrected chi connectivity index (χ1v) is 6.06. The second-order valence-electron chi connectivity index (χ2n) is 5.03. The third kappa shape index (κ3) is 1.21. The summed E-state index contributed by atoms with van der Waals surface area (Å²) in [5, 5.41) is 0. The third-order valence-electron chi connectivity index (χ3n) is 3.90. The molecule has 3 heterocycles. The van der Waals surface area contributed by atoms with Crippen LogP contribution in [-0.4, -0.2) is 25.1 Å². The Hall–Kier alpha value is -0.835. The molecule has 0 spiro atoms. The number of rotatable bonds is 1. The van der Waals surface area contributed by atoms with Crippen molar-refractivity contribution >= 4 is 12.2 Å². The Labute approximate surface area is 94.7 Å². The maximum Gasteiger partial charge on any atom is 0.410 e. The van der Waals surface area contributed by atoms with Crippen LogP contribution in [0.15, 0.2) is 30.3 Å². The molecule has 1 aromatic carbocycles. The van der Waals surface area contributed by atoms with Gasteiger partial charge in [-0.05, 0) is 19.3 Å². The molecular weight excluding hydrogens is 203 g/mol. The zero-order valence-electron chi connectivity index (χ0n) is 9.04. The summed E-state index contributed by atoms with van der Waals surface area (Å²) in [6, 6.07) is 10.1. The smallest absolute Gasteiger partial charge is 0.410 e. The molecule has 4 heteroatoms. The van der Waals surface area contributed by atoms with Crippen molar-refractivity contribution in [3.05, 3.63) is 30.3 Å². The topological polar surface area (TPSA) is 27.7 Å². The Bertz CT molecular complexity index is 371. The summed E-state index contributed by atoms with van der Waals surface area (Å²) in [4.78, 5) is 0. The van der Waals surface area contributed by atoms with Gasteiger partial charge >= 0.3 is 6.75 Å². The van der Waals surface area contributed by atoms with Crippen LogP contribution >= 0.6 is 0 Å². The zero-order chi connectivity index (χ0) is 10.6. The van der Waals surface area contributed by atoms with E-state index in [2.05, 4.69) is 0 Å². The molecule has 4 fully saturated rings. The van der Waals surface area contributed by atoms with Crippen LogP contribution in [0.2, 0.25) is 0 Å². The highest BCUT2D eigenvalue weighted by Gasteiger charge is 2.50. The predicted molar refractivity (Wildman–Crippen MR) is 60.3 cm³/mol. The van der Waals surface area contributed by atoms with E-state index in [0.29, 0.717) is 18.3 Å². The minimum Gasteiger partial charge on any atom is -0.538 e. The lowest BCUT2D eigenvalue weighted by Gasteiger charge is -2.62. The maximum absolute atomic E-state index is 6.01. The Balaban J connectivity index is 1.77. The Morgan fingerprint density at radius 1 is 0.812 bits per heavy atom. The van der Waals surface area contributed by atoms with Gasteiger partial charge in [0, 0.05) is 18.3 Å². The van der Waals surface area contributed by atoms with Crippen molar-refractivity contribution in [1.29, 1.82) is 0 Å². The summed E-state index contributed by atoms with van der Waals surface area (Å²) >= 11 is 0. The van der Waals surface area contributed by atoms with E-state index in [1.165, 1.54) is 0 Å². The van der Waals surface area contributed by atoms with Crippen LogP contribution < -0.4 is 5.46 Å². The summed E-state index contributed by atoms with van der Waals surface area (Å²) in [5.41, 5.74) is 1.04. The Morgan fingerprint density at radius 2 is 1.31 bits per heavy atom. The molecule has 1 saturated carbocycles. The molecule has 0 amide bonds. The second-order valence-corrected chi connectivity index (χ2v) is 5.03. The van der Waals surface area contributed by atoms with Crippen molar-refractivity contribution in [2.24, 2.45) is 0 Å². The van der Waals surface area contributed by atoms with Gasteiger partial charge in [-0.25, -0.2) is 0 Å². The Kier molecular flexibility index (Phi) is 1.78. The molecular formula is C12H14BO3-. The summed E-state index contributed by atoms with van der Waals surface area (Å²) in [6.07, 6.45) is 4.13. The molecule has 0 radical (unpaired) electrons. The summed E-state index contributed by atoms with van der Waals surface area (Å²) in [7, 11) is 0. The highest BCUT2D eigenvalue weighted by molar-refractivity contribution is 6.75. The molecule has 0 N–H and O–H groups in total. The molecule has 0 atom stereocenters. The van der Waals surface area contributed by atoms with Crippen LogP contribution in [-0.2, 0) is 14.0 Å². The number of hydrogen-bond donors (Lipinski definition) is 0. The first-order valence-electron chi connectivity index (χ1n) is 6.06. The van der Waals surface area contributed by atoms with Gasteiger partial charge in [-0.3, -0.25) is 0 Å². The predicted octanol–water partition coefficient (Wildman–Crippen LogP) is 1.20. The lowest BCUT2D eigenvalue weighted by Crippen LogP contribution is -2.71. The molecule has 0 aromatic heterocycles. The fraction of sp³-hybridized carbons (Fsp3) is 0.500. The maximum atomic E-state index is 6.01. The van der Waals surface area contributed by atoms with Crippen LogP contribution in [0.25, 0.3) is 0 Å². The van der Waals surface area contributed by atoms with E-state index in [9.17, 15) is 0 Å². The fourth-order valence-corrected chi connectivity index (χ4v) is 3.28. The van der Waals surface area contributed by atoms with Crippen molar-refractivity contribution in [3.63, 3.8) is 0 Å². The van der Waals surface area contributed by atoms with E-state index in [-0.39, 0.29) is 0 Å². The van der Waals surface area contributed by atoms with E-state index >= 15 is 0 Å². The van der Waals surface area contributed by atoms with Crippen LogP contribution in [0.5, 0.6) is 0 Å². The first-order chi connectivity index (χ1) is 7.84. The molecule has 1 aliphatic carbocycles. The van der Waals surface area contributed by atoms with Crippen LogP contribution in [0.4, 0.5) is 0 Å². The molecule has 16 heavy (non-hydrogen) atoms. The molecule has 4 bridgehead atoms. The molecule has 4 aliphatic rings. The van der Waals surface area contributed by atoms with Crippen molar-refractivity contribution in [2.75, 3.05) is 0 Å². The van der Waals surface area contributed by atoms with Crippen molar-refractivity contribution in [1.82, 2.24) is 0 Å². The summed E-state index contributed by atoms with van der Waals surface area (Å²) < 4.78 is 18.0. The molecule has 1 aromatic rings. The van der Waals surface area contributed by atoms with E-state index in [1.807, 2.05) is 30.3 Å². The van der Waals surface area contributed by atoms with E-state index in [4.69, 9.17) is 14.0 Å². The van der Waals surface area contributed by atoms with Gasteiger partial charge in [0.2, 0.25) is 0 Å². The van der Waals surface area contributed by atoms with E-state index in [0.717, 1.165) is 24.7 Å². The minimum atomic E-state index is -1.63. The number of benzene rings is 1. The highest BCUT2D eigenvalue weighted by atomic mass is 16.8. The summed E-state index contributed by atoms with van der Waals surface area (Å²) in [5.74, 6) is 0. The molecule has 3 aliphatic heterocycles. The molecule has 3 saturated heterocycles. The normalized spacial score (nSPS) is 44.9. The third-order valence-corrected chi connectivity index (χ3v) is 3.90.